The summed E-state index contributed by atoms with van der Waals surface area (Å²) in [4.78, 5) is 12.9. The monoisotopic (exact) mass is 297 g/mol. The van der Waals surface area contributed by atoms with E-state index in [-0.39, 0.29) is 0 Å². The number of para-hydroxylation sites is 1. The van der Waals surface area contributed by atoms with Gasteiger partial charge in [-0.25, -0.2) is 4.98 Å². The van der Waals surface area contributed by atoms with Gasteiger partial charge in [0.25, 0.3) is 0 Å². The van der Waals surface area contributed by atoms with E-state index >= 15 is 0 Å². The fourth-order valence-electron chi connectivity index (χ4n) is 2.98. The number of fused-ring (bicyclic) bond motifs is 4. The van der Waals surface area contributed by atoms with Crippen molar-refractivity contribution in [2.45, 2.75) is 0 Å². The highest BCUT2D eigenvalue weighted by molar-refractivity contribution is 6.14. The van der Waals surface area contributed by atoms with Crippen molar-refractivity contribution in [3.05, 3.63) is 77.6 Å². The first-order valence-corrected chi connectivity index (χ1v) is 7.38. The molecule has 106 valence electrons. The van der Waals surface area contributed by atoms with Gasteiger partial charge in [-0.05, 0) is 24.3 Å². The van der Waals surface area contributed by atoms with Gasteiger partial charge in [0.15, 0.2) is 11.3 Å². The van der Waals surface area contributed by atoms with Gasteiger partial charge in [0, 0.05) is 10.8 Å². The highest BCUT2D eigenvalue weighted by Crippen LogP contribution is 2.28. The van der Waals surface area contributed by atoms with E-state index in [1.807, 2.05) is 48.5 Å². The van der Waals surface area contributed by atoms with Crippen LogP contribution in [-0.2, 0) is 0 Å². The Morgan fingerprint density at radius 1 is 0.870 bits per heavy atom. The van der Waals surface area contributed by atoms with Crippen LogP contribution in [0.2, 0.25) is 0 Å². The summed E-state index contributed by atoms with van der Waals surface area (Å²) >= 11 is 0. The van der Waals surface area contributed by atoms with E-state index in [1.54, 1.807) is 12.4 Å². The Kier molecular flexibility index (Phi) is 2.38. The van der Waals surface area contributed by atoms with Crippen molar-refractivity contribution in [2.24, 2.45) is 0 Å². The molecule has 0 saturated carbocycles. The molecule has 4 aromatic rings. The summed E-state index contributed by atoms with van der Waals surface area (Å²) in [6.45, 7) is 0. The smallest absolute Gasteiger partial charge is 0.454 e. The number of hydrogen-bond donors (Lipinski definition) is 0. The summed E-state index contributed by atoms with van der Waals surface area (Å²) in [6, 6.07) is 18.1. The second-order valence-corrected chi connectivity index (χ2v) is 5.44. The molecular weight excluding hydrogens is 286 g/mol. The van der Waals surface area contributed by atoms with Gasteiger partial charge in [-0.1, -0.05) is 30.3 Å². The van der Waals surface area contributed by atoms with E-state index in [0.29, 0.717) is 0 Å². The number of furan rings is 1. The normalized spacial score (nSPS) is 12.6. The molecule has 5 rings (SSSR count). The topological polar surface area (TPSA) is 54.2 Å². The van der Waals surface area contributed by atoms with Crippen LogP contribution in [0.15, 0.2) is 65.2 Å². The molecule has 0 atom stereocenters. The van der Waals surface area contributed by atoms with Crippen molar-refractivity contribution in [2.75, 3.05) is 0 Å². The van der Waals surface area contributed by atoms with E-state index in [9.17, 15) is 0 Å². The average molecular weight is 297 g/mol. The number of pyridine rings is 1. The lowest BCUT2D eigenvalue weighted by Crippen LogP contribution is -2.13. The lowest BCUT2D eigenvalue weighted by atomic mass is 10.00. The fraction of sp³-hybridized carbons (Fsp3) is 0. The zero-order valence-corrected chi connectivity index (χ0v) is 12.1. The Morgan fingerprint density at radius 2 is 1.74 bits per heavy atom. The van der Waals surface area contributed by atoms with Crippen LogP contribution in [0, 0.1) is 0 Å². The van der Waals surface area contributed by atoms with Gasteiger partial charge in [-0.3, -0.25) is 0 Å². The van der Waals surface area contributed by atoms with Crippen LogP contribution < -0.4 is 0 Å². The van der Waals surface area contributed by atoms with Crippen LogP contribution in [-0.4, -0.2) is 26.5 Å². The molecule has 0 spiro atoms. The van der Waals surface area contributed by atoms with Crippen molar-refractivity contribution in [1.82, 2.24) is 4.98 Å². The van der Waals surface area contributed by atoms with Gasteiger partial charge in [-0.15, -0.1) is 0 Å². The third-order valence-corrected chi connectivity index (χ3v) is 4.08. The van der Waals surface area contributed by atoms with Crippen molar-refractivity contribution in [3.63, 3.8) is 0 Å². The largest absolute Gasteiger partial charge is 0.461 e. The fourth-order valence-corrected chi connectivity index (χ4v) is 2.98. The molecule has 4 heteroatoms. The van der Waals surface area contributed by atoms with Crippen LogP contribution in [0.4, 0.5) is 0 Å². The van der Waals surface area contributed by atoms with Crippen LogP contribution in [0.5, 0.6) is 0 Å². The molecule has 4 nitrogen and oxygen atoms in total. The summed E-state index contributed by atoms with van der Waals surface area (Å²) in [5.74, 6) is 0. The molecule has 23 heavy (non-hydrogen) atoms. The van der Waals surface area contributed by atoms with Gasteiger partial charge >= 0.3 is 21.5 Å². The Bertz CT molecular complexity index is 1190. The molecule has 2 aromatic heterocycles. The minimum Gasteiger partial charge on any atom is -0.454 e. The van der Waals surface area contributed by atoms with Crippen molar-refractivity contribution >= 4 is 33.9 Å². The maximum Gasteiger partial charge on any atom is 0.461 e. The molecular formula is C19H11N3O+2. The second-order valence-electron chi connectivity index (χ2n) is 5.44. The third-order valence-electron chi connectivity index (χ3n) is 4.08. The average Bonchev–Trinajstić information content (AvgIpc) is 2.99. The van der Waals surface area contributed by atoms with Gasteiger partial charge < -0.3 is 4.42 Å². The zero-order valence-electron chi connectivity index (χ0n) is 12.1. The molecule has 0 saturated heterocycles. The standard InChI is InChI=1S/C19H11N3O/c1-2-6-13-12(5-1)10-21-22-19(13)16-9-15-14-7-3-4-8-17(14)23-18(15)11-20-16/h1-11H/q+2. The third kappa shape index (κ3) is 1.77. The first-order chi connectivity index (χ1) is 11.4. The molecule has 3 heterocycles. The van der Waals surface area contributed by atoms with E-state index in [4.69, 9.17) is 4.42 Å². The Morgan fingerprint density at radius 3 is 2.74 bits per heavy atom. The van der Waals surface area contributed by atoms with Gasteiger partial charge in [0.1, 0.15) is 5.58 Å². The van der Waals surface area contributed by atoms with E-state index in [0.717, 1.165) is 44.5 Å². The lowest BCUT2D eigenvalue weighted by Gasteiger charge is -1.96. The van der Waals surface area contributed by atoms with E-state index < -0.39 is 0 Å². The zero-order chi connectivity index (χ0) is 15.2. The van der Waals surface area contributed by atoms with E-state index in [2.05, 4.69) is 20.6 Å². The van der Waals surface area contributed by atoms with Gasteiger partial charge in [0.2, 0.25) is 0 Å². The summed E-state index contributed by atoms with van der Waals surface area (Å²) in [6.07, 6.45) is 3.53. The van der Waals surface area contributed by atoms with Crippen LogP contribution in [0.1, 0.15) is 16.8 Å². The second kappa shape index (κ2) is 4.52. The molecule has 1 aliphatic rings. The molecule has 1 aliphatic heterocycles. The van der Waals surface area contributed by atoms with Gasteiger partial charge in [-0.2, -0.15) is 0 Å². The van der Waals surface area contributed by atoms with Crippen LogP contribution in [0.3, 0.4) is 0 Å². The first kappa shape index (κ1) is 12.1. The number of hydrogen-bond acceptors (Lipinski definition) is 2. The maximum atomic E-state index is 5.83. The van der Waals surface area contributed by atoms with E-state index in [1.165, 1.54) is 0 Å². The summed E-state index contributed by atoms with van der Waals surface area (Å²) in [7, 11) is 0. The Hall–Kier alpha value is -3.45. The number of aromatic nitrogens is 1. The molecule has 0 bridgehead atoms. The lowest BCUT2D eigenvalue weighted by molar-refractivity contribution is -0.545. The van der Waals surface area contributed by atoms with Crippen molar-refractivity contribution < 1.29 is 14.0 Å². The first-order valence-electron chi connectivity index (χ1n) is 7.38. The summed E-state index contributed by atoms with van der Waals surface area (Å²) < 4.78 is 5.83. The minimum absolute atomic E-state index is 0.781. The van der Waals surface area contributed by atoms with Crippen molar-refractivity contribution in [3.8, 4) is 0 Å². The van der Waals surface area contributed by atoms with Crippen molar-refractivity contribution in [1.29, 1.82) is 0 Å². The predicted octanol–water partition coefficient (Wildman–Crippen LogP) is 3.12. The Balaban J connectivity index is 1.80. The number of benzene rings is 2. The van der Waals surface area contributed by atoms with Gasteiger partial charge in [0.05, 0.1) is 17.3 Å². The van der Waals surface area contributed by atoms with Crippen LogP contribution >= 0.6 is 0 Å². The summed E-state index contributed by atoms with van der Waals surface area (Å²) in [5, 5.41) is 2.12. The molecule has 0 fully saturated rings. The molecule has 0 aliphatic carbocycles. The minimum atomic E-state index is 0.781. The number of nitrogens with zero attached hydrogens (tertiary/aromatic N) is 3. The SMILES string of the molecule is C1=[N+]=[N+]=C(c2cc3c(cn2)oc2ccccc23)c2ccccc21. The predicted molar refractivity (Wildman–Crippen MR) is 86.9 cm³/mol. The molecule has 0 unspecified atom stereocenters. The molecule has 0 amide bonds. The quantitative estimate of drug-likeness (QED) is 0.446. The van der Waals surface area contributed by atoms with Crippen LogP contribution in [0.25, 0.3) is 21.9 Å². The highest BCUT2D eigenvalue weighted by atomic mass is 16.3. The molecule has 0 N–H and O–H groups in total. The Labute approximate surface area is 131 Å². The highest BCUT2D eigenvalue weighted by Gasteiger charge is 2.31. The molecule has 2 aromatic carbocycles. The maximum absolute atomic E-state index is 5.83. The molecule has 0 radical (unpaired) electrons. The summed E-state index contributed by atoms with van der Waals surface area (Å²) in [5.41, 5.74) is 5.33. The number of rotatable bonds is 1.